The van der Waals surface area contributed by atoms with Crippen molar-refractivity contribution in [1.29, 1.82) is 0 Å². The first-order valence-corrected chi connectivity index (χ1v) is 6.22. The van der Waals surface area contributed by atoms with Gasteiger partial charge in [0.15, 0.2) is 11.9 Å². The van der Waals surface area contributed by atoms with E-state index < -0.39 is 23.0 Å². The van der Waals surface area contributed by atoms with E-state index in [-0.39, 0.29) is 23.2 Å². The molecule has 1 N–H and O–H groups in total. The second-order valence-corrected chi connectivity index (χ2v) is 6.13. The Kier molecular flexibility index (Phi) is 2.67. The average molecular weight is 274 g/mol. The Morgan fingerprint density at radius 3 is 2.56 bits per heavy atom. The number of amides is 1. The Bertz CT molecular complexity index is 467. The first kappa shape index (κ1) is 13.2. The van der Waals surface area contributed by atoms with Crippen LogP contribution in [0, 0.1) is 10.8 Å². The number of β-lactam (4-membered cyclic amide) rings is 1. The molecule has 0 aromatic heterocycles. The van der Waals surface area contributed by atoms with Crippen LogP contribution in [0.15, 0.2) is 11.5 Å². The Balaban J connectivity index is 2.48. The number of rotatable bonds is 3. The van der Waals surface area contributed by atoms with Gasteiger partial charge in [0.1, 0.15) is 11.2 Å². The molecule has 2 aliphatic rings. The normalized spacial score (nSPS) is 25.7. The third-order valence-corrected chi connectivity index (χ3v) is 4.13. The molecule has 0 aliphatic carbocycles. The molecule has 0 radical (unpaired) electrons. The van der Waals surface area contributed by atoms with Crippen molar-refractivity contribution in [2.75, 3.05) is 5.88 Å². The van der Waals surface area contributed by atoms with Gasteiger partial charge in [-0.2, -0.15) is 0 Å². The highest BCUT2D eigenvalue weighted by atomic mass is 35.5. The molecule has 0 aromatic rings. The Morgan fingerprint density at radius 1 is 1.56 bits per heavy atom. The lowest BCUT2D eigenvalue weighted by Gasteiger charge is -2.47. The second kappa shape index (κ2) is 3.63. The van der Waals surface area contributed by atoms with Crippen molar-refractivity contribution in [3.8, 4) is 0 Å². The van der Waals surface area contributed by atoms with Gasteiger partial charge in [-0.05, 0) is 13.8 Å². The van der Waals surface area contributed by atoms with Crippen LogP contribution in [-0.4, -0.2) is 34.0 Å². The molecule has 18 heavy (non-hydrogen) atoms. The van der Waals surface area contributed by atoms with Crippen LogP contribution in [0.1, 0.15) is 27.7 Å². The lowest BCUT2D eigenvalue weighted by atomic mass is 9.80. The van der Waals surface area contributed by atoms with Gasteiger partial charge in [-0.1, -0.05) is 13.8 Å². The molecule has 1 atom stereocenters. The third kappa shape index (κ3) is 1.46. The van der Waals surface area contributed by atoms with Gasteiger partial charge < -0.3 is 9.84 Å². The molecule has 1 fully saturated rings. The number of halogens is 1. The molecule has 2 aliphatic heterocycles. The van der Waals surface area contributed by atoms with E-state index in [4.69, 9.17) is 16.3 Å². The van der Waals surface area contributed by atoms with Crippen molar-refractivity contribution < 1.29 is 19.4 Å². The van der Waals surface area contributed by atoms with E-state index in [0.29, 0.717) is 0 Å². The molecule has 0 saturated carbocycles. The molecular weight excluding hydrogens is 258 g/mol. The summed E-state index contributed by atoms with van der Waals surface area (Å²) in [6.07, 6.45) is -0.534. The highest BCUT2D eigenvalue weighted by molar-refractivity contribution is 6.18. The first-order valence-electron chi connectivity index (χ1n) is 5.69. The SMILES string of the molecule is CC(C)(CCl)C1=C(C(=O)O)N2C(=O)C(C)(C)C2O1. The van der Waals surface area contributed by atoms with E-state index in [9.17, 15) is 14.7 Å². The molecule has 0 spiro atoms. The number of fused-ring (bicyclic) bond motifs is 1. The fraction of sp³-hybridized carbons (Fsp3) is 0.667. The molecule has 0 aromatic carbocycles. The highest BCUT2D eigenvalue weighted by Gasteiger charge is 2.64. The summed E-state index contributed by atoms with van der Waals surface area (Å²) in [4.78, 5) is 24.5. The van der Waals surface area contributed by atoms with Crippen LogP contribution in [0.4, 0.5) is 0 Å². The number of ether oxygens (including phenoxy) is 1. The summed E-state index contributed by atoms with van der Waals surface area (Å²) in [5.74, 6) is -0.886. The molecule has 1 unspecified atom stereocenters. The number of allylic oxidation sites excluding steroid dienone is 1. The van der Waals surface area contributed by atoms with Gasteiger partial charge in [0.25, 0.3) is 0 Å². The molecule has 0 bridgehead atoms. The highest BCUT2D eigenvalue weighted by Crippen LogP contribution is 2.51. The number of hydrogen-bond acceptors (Lipinski definition) is 3. The first-order chi connectivity index (χ1) is 8.14. The minimum absolute atomic E-state index is 0.0741. The molecule has 6 heteroatoms. The maximum Gasteiger partial charge on any atom is 0.356 e. The number of aliphatic carboxylic acids is 1. The van der Waals surface area contributed by atoms with Gasteiger partial charge >= 0.3 is 5.97 Å². The standard InChI is InChI=1S/C12H16ClNO4/c1-11(2,5-13)7-6(8(15)16)14-9(17)12(3,4)10(14)18-7/h10H,5H2,1-4H3,(H,15,16). The van der Waals surface area contributed by atoms with Crippen molar-refractivity contribution in [3.63, 3.8) is 0 Å². The maximum atomic E-state index is 12.0. The second-order valence-electron chi connectivity index (χ2n) is 5.87. The lowest BCUT2D eigenvalue weighted by Crippen LogP contribution is -2.64. The molecule has 2 rings (SSSR count). The zero-order chi connectivity index (χ0) is 13.9. The van der Waals surface area contributed by atoms with Crippen molar-refractivity contribution in [3.05, 3.63) is 11.5 Å². The zero-order valence-electron chi connectivity index (χ0n) is 10.8. The van der Waals surface area contributed by atoms with Gasteiger partial charge in [-0.25, -0.2) is 4.79 Å². The molecular formula is C12H16ClNO4. The Hall–Kier alpha value is -1.23. The largest absolute Gasteiger partial charge is 0.476 e. The van der Waals surface area contributed by atoms with Gasteiger partial charge in [-0.3, -0.25) is 9.69 Å². The summed E-state index contributed by atoms with van der Waals surface area (Å²) in [7, 11) is 0. The van der Waals surface area contributed by atoms with Crippen LogP contribution in [0.2, 0.25) is 0 Å². The van der Waals surface area contributed by atoms with E-state index in [2.05, 4.69) is 0 Å². The fourth-order valence-corrected chi connectivity index (χ4v) is 2.34. The van der Waals surface area contributed by atoms with E-state index in [1.165, 1.54) is 4.90 Å². The minimum atomic E-state index is -1.16. The van der Waals surface area contributed by atoms with Crippen LogP contribution in [0.3, 0.4) is 0 Å². The number of hydrogen-bond donors (Lipinski definition) is 1. The van der Waals surface area contributed by atoms with Crippen molar-refractivity contribution in [2.24, 2.45) is 10.8 Å². The summed E-state index contributed by atoms with van der Waals surface area (Å²) in [5.41, 5.74) is -1.39. The summed E-state index contributed by atoms with van der Waals surface area (Å²) in [5, 5.41) is 9.28. The number of carboxylic acids is 1. The Morgan fingerprint density at radius 2 is 2.11 bits per heavy atom. The number of nitrogens with zero attached hydrogens (tertiary/aromatic N) is 1. The molecule has 1 saturated heterocycles. The Labute approximate surface area is 110 Å². The van der Waals surface area contributed by atoms with E-state index in [0.717, 1.165) is 0 Å². The van der Waals surface area contributed by atoms with Crippen molar-refractivity contribution >= 4 is 23.5 Å². The summed E-state index contributed by atoms with van der Waals surface area (Å²) in [6.45, 7) is 7.07. The van der Waals surface area contributed by atoms with Gasteiger partial charge in [0.2, 0.25) is 5.91 Å². The van der Waals surface area contributed by atoms with Gasteiger partial charge in [0, 0.05) is 11.3 Å². The van der Waals surface area contributed by atoms with Gasteiger partial charge in [0.05, 0.1) is 0 Å². The third-order valence-electron chi connectivity index (χ3n) is 3.46. The van der Waals surface area contributed by atoms with Crippen molar-refractivity contribution in [1.82, 2.24) is 4.90 Å². The van der Waals surface area contributed by atoms with Crippen LogP contribution in [-0.2, 0) is 14.3 Å². The average Bonchev–Trinajstić information content (AvgIpc) is 2.67. The predicted molar refractivity (Wildman–Crippen MR) is 64.7 cm³/mol. The van der Waals surface area contributed by atoms with Crippen LogP contribution < -0.4 is 0 Å². The minimum Gasteiger partial charge on any atom is -0.476 e. The number of carbonyl (C=O) groups is 2. The van der Waals surface area contributed by atoms with Crippen LogP contribution >= 0.6 is 11.6 Å². The van der Waals surface area contributed by atoms with E-state index >= 15 is 0 Å². The monoisotopic (exact) mass is 273 g/mol. The van der Waals surface area contributed by atoms with E-state index in [1.54, 1.807) is 27.7 Å². The maximum absolute atomic E-state index is 12.0. The molecule has 5 nitrogen and oxygen atoms in total. The van der Waals surface area contributed by atoms with Gasteiger partial charge in [-0.15, -0.1) is 11.6 Å². The zero-order valence-corrected chi connectivity index (χ0v) is 11.5. The van der Waals surface area contributed by atoms with Crippen LogP contribution in [0.25, 0.3) is 0 Å². The smallest absolute Gasteiger partial charge is 0.356 e. The summed E-state index contributed by atoms with van der Waals surface area (Å²) < 4.78 is 5.70. The molecule has 100 valence electrons. The topological polar surface area (TPSA) is 66.8 Å². The quantitative estimate of drug-likeness (QED) is 0.629. The number of carboxylic acid groups (broad SMARTS) is 1. The number of alkyl halides is 1. The molecule has 2 heterocycles. The fourth-order valence-electron chi connectivity index (χ4n) is 2.22. The predicted octanol–water partition coefficient (Wildman–Crippen LogP) is 1.77. The van der Waals surface area contributed by atoms with Crippen molar-refractivity contribution in [2.45, 2.75) is 33.9 Å². The number of carbonyl (C=O) groups excluding carboxylic acids is 1. The summed E-state index contributed by atoms with van der Waals surface area (Å²) in [6, 6.07) is 0. The lowest BCUT2D eigenvalue weighted by molar-refractivity contribution is -0.189. The van der Waals surface area contributed by atoms with Crippen LogP contribution in [0.5, 0.6) is 0 Å². The summed E-state index contributed by atoms with van der Waals surface area (Å²) >= 11 is 5.86. The van der Waals surface area contributed by atoms with E-state index in [1.807, 2.05) is 0 Å². The molecule has 1 amide bonds.